The summed E-state index contributed by atoms with van der Waals surface area (Å²) in [6, 6.07) is -0.0116. The van der Waals surface area contributed by atoms with Crippen LogP contribution in [-0.4, -0.2) is 81.1 Å². The lowest BCUT2D eigenvalue weighted by molar-refractivity contribution is 0.00175. The first-order valence-corrected chi connectivity index (χ1v) is 11.2. The predicted molar refractivity (Wildman–Crippen MR) is 93.3 cm³/mol. The van der Waals surface area contributed by atoms with Gasteiger partial charge < -0.3 is 24.2 Å². The third-order valence-corrected chi connectivity index (χ3v) is 7.03. The molecule has 0 bridgehead atoms. The number of ether oxygens (including phenoxy) is 3. The molecule has 0 amide bonds. The van der Waals surface area contributed by atoms with Crippen LogP contribution in [0.25, 0.3) is 0 Å². The van der Waals surface area contributed by atoms with Crippen LogP contribution in [0, 0.1) is 0 Å². The molecule has 2 saturated heterocycles. The molecule has 23 heavy (non-hydrogen) atoms. The molecule has 11 heteroatoms. The molecule has 0 saturated carbocycles. The molecule has 0 aromatic heterocycles. The van der Waals surface area contributed by atoms with Gasteiger partial charge in [-0.15, -0.1) is 0 Å². The van der Waals surface area contributed by atoms with Crippen molar-refractivity contribution in [2.45, 2.75) is 56.2 Å². The molecule has 3 unspecified atom stereocenters. The molecule has 7 atom stereocenters. The molecule has 0 aromatic carbocycles. The van der Waals surface area contributed by atoms with E-state index in [1.807, 2.05) is 22.6 Å². The zero-order valence-electron chi connectivity index (χ0n) is 13.8. The summed E-state index contributed by atoms with van der Waals surface area (Å²) in [6.07, 6.45) is -0.103. The van der Waals surface area contributed by atoms with E-state index in [2.05, 4.69) is 0 Å². The second-order valence-corrected chi connectivity index (χ2v) is 9.92. The second-order valence-electron chi connectivity index (χ2n) is 6.03. The van der Waals surface area contributed by atoms with Gasteiger partial charge in [-0.1, -0.05) is 0 Å². The van der Waals surface area contributed by atoms with E-state index in [0.717, 1.165) is 17.8 Å². The molecule has 0 radical (unpaired) electrons. The summed E-state index contributed by atoms with van der Waals surface area (Å²) < 4.78 is 34.5. The maximum atomic E-state index is 12.3. The van der Waals surface area contributed by atoms with Crippen LogP contribution >= 0.6 is 18.2 Å². The standard InChI is InChI=1S/C12H25B2O7PS/c1-2-18-7-3-11(13)20-10(7)6-23-22(16,17)21-8-4-12(14)19-9(8)5-15/h7-12,15H,2-6,13-14H2,1H3,(H,16,17)/t7?,8?,9-,10-,11-,12-/m1/s1. The van der Waals surface area contributed by atoms with Gasteiger partial charge in [0.25, 0.3) is 0 Å². The minimum Gasteiger partial charge on any atom is -0.394 e. The van der Waals surface area contributed by atoms with Crippen molar-refractivity contribution in [2.24, 2.45) is 0 Å². The maximum absolute atomic E-state index is 12.3. The molecule has 2 N–H and O–H groups in total. The lowest BCUT2D eigenvalue weighted by atomic mass is 9.96. The van der Waals surface area contributed by atoms with Crippen molar-refractivity contribution < 1.29 is 33.3 Å². The summed E-state index contributed by atoms with van der Waals surface area (Å²) in [4.78, 5) is 10.1. The fraction of sp³-hybridized carbons (Fsp3) is 1.00. The quantitative estimate of drug-likeness (QED) is 0.422. The second kappa shape index (κ2) is 8.72. The number of rotatable bonds is 8. The maximum Gasteiger partial charge on any atom is 0.387 e. The van der Waals surface area contributed by atoms with Gasteiger partial charge >= 0.3 is 6.80 Å². The highest BCUT2D eigenvalue weighted by molar-refractivity contribution is 8.54. The van der Waals surface area contributed by atoms with Crippen molar-refractivity contribution in [3.63, 3.8) is 0 Å². The Hall–Kier alpha value is 0.470. The van der Waals surface area contributed by atoms with Crippen LogP contribution in [0.4, 0.5) is 0 Å². The highest BCUT2D eigenvalue weighted by Gasteiger charge is 2.40. The van der Waals surface area contributed by atoms with Crippen molar-refractivity contribution in [3.8, 4) is 0 Å². The third kappa shape index (κ3) is 5.75. The Balaban J connectivity index is 1.85. The fourth-order valence-electron chi connectivity index (χ4n) is 3.02. The molecule has 2 aliphatic heterocycles. The summed E-state index contributed by atoms with van der Waals surface area (Å²) >= 11 is 0.855. The molecule has 7 nitrogen and oxygen atoms in total. The number of aliphatic hydroxyl groups is 1. The minimum absolute atomic E-state index is 0.0532. The zero-order chi connectivity index (χ0) is 17.0. The SMILES string of the molecule is B[C@H]1CC(OCC)[C@@H](CSP(=O)(O)OC2C[C@H](B)O[C@@H]2CO)O1. The van der Waals surface area contributed by atoms with Crippen LogP contribution < -0.4 is 0 Å². The largest absolute Gasteiger partial charge is 0.394 e. The van der Waals surface area contributed by atoms with Crippen molar-refractivity contribution >= 4 is 33.9 Å². The fourth-order valence-corrected chi connectivity index (χ4v) is 5.79. The molecule has 0 aliphatic carbocycles. The Labute approximate surface area is 142 Å². The van der Waals surface area contributed by atoms with E-state index in [9.17, 15) is 14.6 Å². The van der Waals surface area contributed by atoms with E-state index in [1.165, 1.54) is 0 Å². The van der Waals surface area contributed by atoms with Crippen molar-refractivity contribution in [1.29, 1.82) is 0 Å². The molecule has 2 aliphatic rings. The van der Waals surface area contributed by atoms with E-state index in [1.54, 1.807) is 0 Å². The van der Waals surface area contributed by atoms with E-state index in [4.69, 9.17) is 18.7 Å². The minimum atomic E-state index is -3.85. The molecule has 2 heterocycles. The van der Waals surface area contributed by atoms with Crippen LogP contribution in [0.15, 0.2) is 0 Å². The van der Waals surface area contributed by atoms with Crippen LogP contribution in [-0.2, 0) is 23.3 Å². The first kappa shape index (κ1) is 19.8. The number of hydrogen-bond donors (Lipinski definition) is 2. The van der Waals surface area contributed by atoms with Crippen molar-refractivity contribution in [2.75, 3.05) is 19.0 Å². The monoisotopic (exact) mass is 366 g/mol. The Bertz CT molecular complexity index is 432. The average Bonchev–Trinajstić information content (AvgIpc) is 2.99. The van der Waals surface area contributed by atoms with Crippen LogP contribution in [0.3, 0.4) is 0 Å². The predicted octanol–water partition coefficient (Wildman–Crippen LogP) is -0.901. The van der Waals surface area contributed by atoms with Gasteiger partial charge in [0.05, 0.1) is 24.9 Å². The van der Waals surface area contributed by atoms with E-state index in [-0.39, 0.29) is 30.8 Å². The zero-order valence-corrected chi connectivity index (χ0v) is 15.5. The summed E-state index contributed by atoms with van der Waals surface area (Å²) in [7, 11) is 3.82. The lowest BCUT2D eigenvalue weighted by Gasteiger charge is -2.22. The Morgan fingerprint density at radius 1 is 1.22 bits per heavy atom. The Morgan fingerprint density at radius 3 is 2.43 bits per heavy atom. The van der Waals surface area contributed by atoms with E-state index < -0.39 is 19.0 Å². The Morgan fingerprint density at radius 2 is 1.83 bits per heavy atom. The topological polar surface area (TPSA) is 94.5 Å². The van der Waals surface area contributed by atoms with Gasteiger partial charge in [0.1, 0.15) is 21.8 Å². The van der Waals surface area contributed by atoms with Gasteiger partial charge in [0.2, 0.25) is 0 Å². The highest BCUT2D eigenvalue weighted by atomic mass is 32.7. The van der Waals surface area contributed by atoms with Gasteiger partial charge in [-0.05, 0) is 31.1 Å². The van der Waals surface area contributed by atoms with Crippen molar-refractivity contribution in [3.05, 3.63) is 0 Å². The number of hydrogen-bond acceptors (Lipinski definition) is 7. The molecular weight excluding hydrogens is 341 g/mol. The van der Waals surface area contributed by atoms with Crippen LogP contribution in [0.1, 0.15) is 19.8 Å². The molecular formula is C12H25B2O7PS. The average molecular weight is 366 g/mol. The van der Waals surface area contributed by atoms with Gasteiger partial charge in [-0.2, -0.15) is 0 Å². The molecule has 132 valence electrons. The van der Waals surface area contributed by atoms with Gasteiger partial charge in [0, 0.05) is 24.4 Å². The number of aliphatic hydroxyl groups excluding tert-OH is 1. The first-order valence-electron chi connectivity index (χ1n) is 8.03. The van der Waals surface area contributed by atoms with Crippen molar-refractivity contribution in [1.82, 2.24) is 0 Å². The molecule has 2 rings (SSSR count). The molecule has 0 spiro atoms. The third-order valence-electron chi connectivity index (χ3n) is 4.00. The highest BCUT2D eigenvalue weighted by Crippen LogP contribution is 2.58. The summed E-state index contributed by atoms with van der Waals surface area (Å²) in [6.45, 7) is -1.57. The normalized spacial score (nSPS) is 40.3. The van der Waals surface area contributed by atoms with Gasteiger partial charge in [-0.3, -0.25) is 4.52 Å². The summed E-state index contributed by atoms with van der Waals surface area (Å²) in [5.41, 5.74) is 0. The molecule has 0 aromatic rings. The lowest BCUT2D eigenvalue weighted by Crippen LogP contribution is -2.28. The van der Waals surface area contributed by atoms with E-state index >= 15 is 0 Å². The smallest absolute Gasteiger partial charge is 0.387 e. The summed E-state index contributed by atoms with van der Waals surface area (Å²) in [5.74, 6) is 0.329. The van der Waals surface area contributed by atoms with Crippen LogP contribution in [0.5, 0.6) is 0 Å². The Kier molecular flexibility index (Phi) is 7.50. The first-order chi connectivity index (χ1) is 10.8. The molecule has 2 fully saturated rings. The van der Waals surface area contributed by atoms with E-state index in [0.29, 0.717) is 18.8 Å². The van der Waals surface area contributed by atoms with Gasteiger partial charge in [-0.25, -0.2) is 4.57 Å². The summed E-state index contributed by atoms with van der Waals surface area (Å²) in [5, 5.41) is 9.26. The van der Waals surface area contributed by atoms with Gasteiger partial charge in [0.15, 0.2) is 0 Å². The van der Waals surface area contributed by atoms with Crippen LogP contribution in [0.2, 0.25) is 0 Å².